The second kappa shape index (κ2) is 6.43. The van der Waals surface area contributed by atoms with Crippen LogP contribution in [-0.4, -0.2) is 16.1 Å². The Hall–Kier alpha value is -2.30. The highest BCUT2D eigenvalue weighted by atomic mass is 16.5. The summed E-state index contributed by atoms with van der Waals surface area (Å²) in [4.78, 5) is 8.29. The van der Waals surface area contributed by atoms with E-state index in [-0.39, 0.29) is 6.10 Å². The molecule has 2 rings (SSSR count). The van der Waals surface area contributed by atoms with Crippen LogP contribution < -0.4 is 15.8 Å². The molecule has 0 saturated heterocycles. The lowest BCUT2D eigenvalue weighted by Gasteiger charge is -2.16. The van der Waals surface area contributed by atoms with E-state index in [0.29, 0.717) is 23.3 Å². The minimum atomic E-state index is 0.0120. The zero-order chi connectivity index (χ0) is 15.4. The van der Waals surface area contributed by atoms with Crippen molar-refractivity contribution >= 4 is 17.2 Å². The summed E-state index contributed by atoms with van der Waals surface area (Å²) in [6, 6.07) is 8.12. The molecule has 0 bridgehead atoms. The Morgan fingerprint density at radius 2 is 1.81 bits per heavy atom. The lowest BCUT2D eigenvalue weighted by atomic mass is 10.0. The van der Waals surface area contributed by atoms with Gasteiger partial charge in [0.1, 0.15) is 12.0 Å². The molecule has 0 aliphatic rings. The molecule has 0 unspecified atom stereocenters. The Bertz CT molecular complexity index is 611. The van der Waals surface area contributed by atoms with E-state index in [1.165, 1.54) is 11.9 Å². The van der Waals surface area contributed by atoms with Gasteiger partial charge in [-0.2, -0.15) is 4.98 Å². The maximum Gasteiger partial charge on any atom is 0.242 e. The first-order valence-corrected chi connectivity index (χ1v) is 7.12. The van der Waals surface area contributed by atoms with Gasteiger partial charge in [0.25, 0.3) is 0 Å². The van der Waals surface area contributed by atoms with Crippen molar-refractivity contribution < 1.29 is 4.74 Å². The minimum absolute atomic E-state index is 0.0120. The van der Waals surface area contributed by atoms with E-state index in [1.54, 1.807) is 0 Å². The summed E-state index contributed by atoms with van der Waals surface area (Å²) < 4.78 is 5.58. The van der Waals surface area contributed by atoms with Crippen LogP contribution in [-0.2, 0) is 0 Å². The number of aromatic nitrogens is 2. The Labute approximate surface area is 125 Å². The fourth-order valence-corrected chi connectivity index (χ4v) is 2.04. The number of hydrogen-bond donors (Lipinski definition) is 2. The van der Waals surface area contributed by atoms with Gasteiger partial charge in [0.2, 0.25) is 5.88 Å². The van der Waals surface area contributed by atoms with Crippen molar-refractivity contribution in [1.29, 1.82) is 0 Å². The maximum atomic E-state index is 6.09. The highest BCUT2D eigenvalue weighted by molar-refractivity contribution is 5.73. The molecule has 5 heteroatoms. The Kier molecular flexibility index (Phi) is 4.62. The third-order valence-corrected chi connectivity index (χ3v) is 3.03. The summed E-state index contributed by atoms with van der Waals surface area (Å²) in [6.07, 6.45) is 1.46. The molecule has 0 aliphatic heterocycles. The zero-order valence-electron chi connectivity index (χ0n) is 12.9. The van der Waals surface area contributed by atoms with Gasteiger partial charge in [0.05, 0.1) is 6.10 Å². The quantitative estimate of drug-likeness (QED) is 0.876. The summed E-state index contributed by atoms with van der Waals surface area (Å²) in [5, 5.41) is 3.28. The lowest BCUT2D eigenvalue weighted by molar-refractivity contribution is 0.234. The van der Waals surface area contributed by atoms with Crippen molar-refractivity contribution in [3.05, 3.63) is 36.2 Å². The van der Waals surface area contributed by atoms with E-state index in [4.69, 9.17) is 10.5 Å². The van der Waals surface area contributed by atoms with Gasteiger partial charge in [-0.25, -0.2) is 4.98 Å². The van der Waals surface area contributed by atoms with E-state index < -0.39 is 0 Å². The number of hydrogen-bond acceptors (Lipinski definition) is 5. The number of rotatable bonds is 5. The summed E-state index contributed by atoms with van der Waals surface area (Å²) in [5.74, 6) is 1.38. The molecule has 0 amide bonds. The van der Waals surface area contributed by atoms with Gasteiger partial charge in [-0.1, -0.05) is 32.0 Å². The van der Waals surface area contributed by atoms with Crippen LogP contribution in [0.4, 0.5) is 17.2 Å². The fraction of sp³-hybridized carbons (Fsp3) is 0.375. The van der Waals surface area contributed by atoms with Crippen LogP contribution in [0.2, 0.25) is 0 Å². The van der Waals surface area contributed by atoms with E-state index in [1.807, 2.05) is 32.0 Å². The number of para-hydroxylation sites is 1. The molecule has 1 aromatic carbocycles. The average Bonchev–Trinajstić information content (AvgIpc) is 2.43. The van der Waals surface area contributed by atoms with Gasteiger partial charge in [0.15, 0.2) is 5.82 Å². The SMILES string of the molecule is CC(C)Oc1ncnc(Nc2ccccc2C(C)C)c1N. The summed E-state index contributed by atoms with van der Waals surface area (Å²) in [7, 11) is 0. The molecule has 1 heterocycles. The predicted molar refractivity (Wildman–Crippen MR) is 86.0 cm³/mol. The second-order valence-electron chi connectivity index (χ2n) is 5.47. The van der Waals surface area contributed by atoms with Gasteiger partial charge in [-0.05, 0) is 31.4 Å². The number of nitrogens with two attached hydrogens (primary N) is 1. The smallest absolute Gasteiger partial charge is 0.242 e. The van der Waals surface area contributed by atoms with Crippen LogP contribution >= 0.6 is 0 Å². The number of nitrogens with one attached hydrogen (secondary N) is 1. The van der Waals surface area contributed by atoms with Crippen LogP contribution in [0.1, 0.15) is 39.2 Å². The average molecular weight is 286 g/mol. The summed E-state index contributed by atoms with van der Waals surface area (Å²) >= 11 is 0. The van der Waals surface area contributed by atoms with Crippen molar-refractivity contribution in [3.63, 3.8) is 0 Å². The zero-order valence-corrected chi connectivity index (χ0v) is 12.9. The standard InChI is InChI=1S/C16H22N4O/c1-10(2)12-7-5-6-8-13(12)20-15-14(17)16(19-9-18-15)21-11(3)4/h5-11H,17H2,1-4H3,(H,18,19,20). The van der Waals surface area contributed by atoms with Crippen molar-refractivity contribution in [1.82, 2.24) is 9.97 Å². The molecular formula is C16H22N4O. The molecule has 0 radical (unpaired) electrons. The first-order valence-electron chi connectivity index (χ1n) is 7.12. The summed E-state index contributed by atoms with van der Waals surface area (Å²) in [6.45, 7) is 8.17. The largest absolute Gasteiger partial charge is 0.473 e. The Morgan fingerprint density at radius 3 is 2.48 bits per heavy atom. The number of benzene rings is 1. The Morgan fingerprint density at radius 1 is 1.10 bits per heavy atom. The molecule has 0 atom stereocenters. The monoisotopic (exact) mass is 286 g/mol. The minimum Gasteiger partial charge on any atom is -0.473 e. The number of nitrogens with zero attached hydrogens (tertiary/aromatic N) is 2. The topological polar surface area (TPSA) is 73.1 Å². The van der Waals surface area contributed by atoms with Crippen molar-refractivity contribution in [3.8, 4) is 5.88 Å². The number of ether oxygens (including phenoxy) is 1. The second-order valence-corrected chi connectivity index (χ2v) is 5.47. The van der Waals surface area contributed by atoms with Crippen LogP contribution in [0.3, 0.4) is 0 Å². The molecule has 0 spiro atoms. The molecular weight excluding hydrogens is 264 g/mol. The van der Waals surface area contributed by atoms with Gasteiger partial charge < -0.3 is 15.8 Å². The van der Waals surface area contributed by atoms with Crippen LogP contribution in [0.5, 0.6) is 5.88 Å². The van der Waals surface area contributed by atoms with Crippen LogP contribution in [0.25, 0.3) is 0 Å². The molecule has 0 fully saturated rings. The number of anilines is 3. The van der Waals surface area contributed by atoms with Crippen LogP contribution in [0.15, 0.2) is 30.6 Å². The van der Waals surface area contributed by atoms with E-state index in [2.05, 4.69) is 35.2 Å². The van der Waals surface area contributed by atoms with Crippen LogP contribution in [0, 0.1) is 0 Å². The predicted octanol–water partition coefficient (Wildman–Crippen LogP) is 3.71. The number of nitrogen functional groups attached to an aromatic ring is 1. The third-order valence-electron chi connectivity index (χ3n) is 3.03. The van der Waals surface area contributed by atoms with E-state index in [0.717, 1.165) is 5.69 Å². The molecule has 1 aromatic heterocycles. The Balaban J connectivity index is 2.32. The molecule has 5 nitrogen and oxygen atoms in total. The molecule has 0 aliphatic carbocycles. The molecule has 3 N–H and O–H groups in total. The normalized spacial score (nSPS) is 11.0. The van der Waals surface area contributed by atoms with Crippen molar-refractivity contribution in [2.75, 3.05) is 11.1 Å². The first kappa shape index (κ1) is 15.1. The van der Waals surface area contributed by atoms with Gasteiger partial charge in [0, 0.05) is 5.69 Å². The lowest BCUT2D eigenvalue weighted by Crippen LogP contribution is -2.11. The molecule has 2 aromatic rings. The fourth-order valence-electron chi connectivity index (χ4n) is 2.04. The molecule has 21 heavy (non-hydrogen) atoms. The molecule has 112 valence electrons. The summed E-state index contributed by atoms with van der Waals surface area (Å²) in [5.41, 5.74) is 8.72. The van der Waals surface area contributed by atoms with Gasteiger partial charge in [-0.3, -0.25) is 0 Å². The molecule has 0 saturated carbocycles. The van der Waals surface area contributed by atoms with Crippen molar-refractivity contribution in [2.45, 2.75) is 39.7 Å². The highest BCUT2D eigenvalue weighted by Gasteiger charge is 2.13. The highest BCUT2D eigenvalue weighted by Crippen LogP contribution is 2.31. The van der Waals surface area contributed by atoms with Gasteiger partial charge >= 0.3 is 0 Å². The van der Waals surface area contributed by atoms with E-state index >= 15 is 0 Å². The van der Waals surface area contributed by atoms with Crippen molar-refractivity contribution in [2.24, 2.45) is 0 Å². The van der Waals surface area contributed by atoms with E-state index in [9.17, 15) is 0 Å². The van der Waals surface area contributed by atoms with Gasteiger partial charge in [-0.15, -0.1) is 0 Å². The third kappa shape index (κ3) is 3.62. The maximum absolute atomic E-state index is 6.09. The first-order chi connectivity index (χ1) is 9.99.